The number of nitrogens with one attached hydrogen (secondary N) is 1. The summed E-state index contributed by atoms with van der Waals surface area (Å²) in [6.07, 6.45) is 1.75. The van der Waals surface area contributed by atoms with Crippen LogP contribution >= 0.6 is 0 Å². The Hall–Kier alpha value is -1.75. The molecule has 0 radical (unpaired) electrons. The molecule has 108 valence electrons. The number of carbonyl (C=O) groups excluding carboxylic acids is 2. The van der Waals surface area contributed by atoms with Crippen molar-refractivity contribution in [3.63, 3.8) is 0 Å². The third kappa shape index (κ3) is 3.63. The molecule has 0 aromatic heterocycles. The van der Waals surface area contributed by atoms with E-state index in [0.717, 1.165) is 19.4 Å². The maximum absolute atomic E-state index is 13.1. The Labute approximate surface area is 118 Å². The first kappa shape index (κ1) is 14.7. The smallest absolute Gasteiger partial charge is 0.224 e. The minimum absolute atomic E-state index is 0.0212. The van der Waals surface area contributed by atoms with Crippen molar-refractivity contribution in [2.75, 3.05) is 26.7 Å². The van der Waals surface area contributed by atoms with Gasteiger partial charge in [-0.1, -0.05) is 12.1 Å². The van der Waals surface area contributed by atoms with Crippen LogP contribution in [-0.2, 0) is 4.79 Å². The van der Waals surface area contributed by atoms with E-state index >= 15 is 0 Å². The molecule has 1 unspecified atom stereocenters. The third-order valence-electron chi connectivity index (χ3n) is 3.64. The number of likely N-dealkylation sites (tertiary alicyclic amines) is 1. The van der Waals surface area contributed by atoms with Gasteiger partial charge >= 0.3 is 0 Å². The molecule has 20 heavy (non-hydrogen) atoms. The fourth-order valence-corrected chi connectivity index (χ4v) is 2.57. The standard InChI is InChI=1S/C15H19FN2O2/c1-17-15(20)12-5-3-7-18(9-12)10-14(19)11-4-2-6-13(16)8-11/h2,4,6,8,12H,3,5,7,9-10H2,1H3,(H,17,20). The molecule has 0 bridgehead atoms. The molecule has 2 rings (SSSR count). The molecular formula is C15H19FN2O2. The molecule has 4 nitrogen and oxygen atoms in total. The number of benzene rings is 1. The third-order valence-corrected chi connectivity index (χ3v) is 3.64. The topological polar surface area (TPSA) is 49.4 Å². The SMILES string of the molecule is CNC(=O)C1CCCN(CC(=O)c2cccc(F)c2)C1. The largest absolute Gasteiger partial charge is 0.359 e. The lowest BCUT2D eigenvalue weighted by atomic mass is 9.96. The number of amides is 1. The summed E-state index contributed by atoms with van der Waals surface area (Å²) >= 11 is 0. The molecular weight excluding hydrogens is 259 g/mol. The number of nitrogens with zero attached hydrogens (tertiary/aromatic N) is 1. The number of rotatable bonds is 4. The van der Waals surface area contributed by atoms with Crippen LogP contribution in [0, 0.1) is 11.7 Å². The van der Waals surface area contributed by atoms with E-state index in [4.69, 9.17) is 0 Å². The molecule has 5 heteroatoms. The molecule has 1 aliphatic heterocycles. The Kier molecular flexibility index (Phi) is 4.84. The first-order valence-electron chi connectivity index (χ1n) is 6.83. The van der Waals surface area contributed by atoms with Crippen molar-refractivity contribution in [1.82, 2.24) is 10.2 Å². The highest BCUT2D eigenvalue weighted by molar-refractivity contribution is 5.97. The molecule has 1 amide bonds. The van der Waals surface area contributed by atoms with E-state index in [0.29, 0.717) is 12.1 Å². The molecule has 1 atom stereocenters. The predicted octanol–water partition coefficient (Wildman–Crippen LogP) is 1.47. The summed E-state index contributed by atoms with van der Waals surface area (Å²) in [5, 5.41) is 2.65. The molecule has 1 aliphatic rings. The average Bonchev–Trinajstić information content (AvgIpc) is 2.46. The zero-order chi connectivity index (χ0) is 14.5. The van der Waals surface area contributed by atoms with E-state index in [1.165, 1.54) is 18.2 Å². The molecule has 0 spiro atoms. The van der Waals surface area contributed by atoms with Gasteiger partial charge < -0.3 is 5.32 Å². The van der Waals surface area contributed by atoms with Gasteiger partial charge in [0.2, 0.25) is 5.91 Å². The number of piperidine rings is 1. The van der Waals surface area contributed by atoms with Crippen LogP contribution in [0.5, 0.6) is 0 Å². The highest BCUT2D eigenvalue weighted by Gasteiger charge is 2.26. The summed E-state index contributed by atoms with van der Waals surface area (Å²) in [6.45, 7) is 1.62. The first-order valence-corrected chi connectivity index (χ1v) is 6.83. The summed E-state index contributed by atoms with van der Waals surface area (Å²) in [7, 11) is 1.62. The van der Waals surface area contributed by atoms with Crippen molar-refractivity contribution in [1.29, 1.82) is 0 Å². The molecule has 1 fully saturated rings. The molecule has 1 saturated heterocycles. The number of ketones is 1. The predicted molar refractivity (Wildman–Crippen MR) is 74.0 cm³/mol. The monoisotopic (exact) mass is 278 g/mol. The molecule has 1 N–H and O–H groups in total. The van der Waals surface area contributed by atoms with Crippen LogP contribution in [0.1, 0.15) is 23.2 Å². The normalized spacial score (nSPS) is 19.6. The maximum atomic E-state index is 13.1. The second kappa shape index (κ2) is 6.61. The van der Waals surface area contributed by atoms with Gasteiger partial charge in [-0.15, -0.1) is 0 Å². The molecule has 1 heterocycles. The zero-order valence-corrected chi connectivity index (χ0v) is 11.6. The number of halogens is 1. The summed E-state index contributed by atoms with van der Waals surface area (Å²) in [5.74, 6) is -0.554. The Morgan fingerprint density at radius 2 is 2.25 bits per heavy atom. The van der Waals surface area contributed by atoms with Crippen LogP contribution < -0.4 is 5.32 Å². The summed E-state index contributed by atoms with van der Waals surface area (Å²) in [6, 6.07) is 5.72. The van der Waals surface area contributed by atoms with Crippen LogP contribution in [0.15, 0.2) is 24.3 Å². The van der Waals surface area contributed by atoms with E-state index in [1.807, 2.05) is 4.90 Å². The van der Waals surface area contributed by atoms with E-state index in [2.05, 4.69) is 5.32 Å². The fraction of sp³-hybridized carbons (Fsp3) is 0.467. The minimum atomic E-state index is -0.405. The first-order chi connectivity index (χ1) is 9.60. The van der Waals surface area contributed by atoms with E-state index in [-0.39, 0.29) is 24.2 Å². The van der Waals surface area contributed by atoms with Crippen molar-refractivity contribution in [2.24, 2.45) is 5.92 Å². The van der Waals surface area contributed by atoms with Gasteiger partial charge in [-0.05, 0) is 31.5 Å². The average molecular weight is 278 g/mol. The quantitative estimate of drug-likeness (QED) is 0.848. The van der Waals surface area contributed by atoms with Gasteiger partial charge in [-0.3, -0.25) is 14.5 Å². The Bertz CT molecular complexity index is 504. The highest BCUT2D eigenvalue weighted by atomic mass is 19.1. The Morgan fingerprint density at radius 3 is 2.95 bits per heavy atom. The summed E-state index contributed by atoms with van der Waals surface area (Å²) in [5.41, 5.74) is 0.382. The Balaban J connectivity index is 1.96. The number of hydrogen-bond donors (Lipinski definition) is 1. The highest BCUT2D eigenvalue weighted by Crippen LogP contribution is 2.17. The lowest BCUT2D eigenvalue weighted by Gasteiger charge is -2.31. The van der Waals surface area contributed by atoms with Crippen molar-refractivity contribution in [3.8, 4) is 0 Å². The number of carbonyl (C=O) groups is 2. The van der Waals surface area contributed by atoms with Crippen LogP contribution in [0.3, 0.4) is 0 Å². The maximum Gasteiger partial charge on any atom is 0.224 e. The van der Waals surface area contributed by atoms with Crippen molar-refractivity contribution in [2.45, 2.75) is 12.8 Å². The molecule has 0 saturated carbocycles. The van der Waals surface area contributed by atoms with Crippen LogP contribution in [-0.4, -0.2) is 43.3 Å². The summed E-state index contributed by atoms with van der Waals surface area (Å²) in [4.78, 5) is 25.7. The van der Waals surface area contributed by atoms with Gasteiger partial charge in [0, 0.05) is 19.2 Å². The van der Waals surface area contributed by atoms with Gasteiger partial charge in [0.05, 0.1) is 12.5 Å². The van der Waals surface area contributed by atoms with Crippen molar-refractivity contribution < 1.29 is 14.0 Å². The fourth-order valence-electron chi connectivity index (χ4n) is 2.57. The second-order valence-electron chi connectivity index (χ2n) is 5.12. The van der Waals surface area contributed by atoms with E-state index in [9.17, 15) is 14.0 Å². The van der Waals surface area contributed by atoms with Gasteiger partial charge in [0.25, 0.3) is 0 Å². The zero-order valence-electron chi connectivity index (χ0n) is 11.6. The van der Waals surface area contributed by atoms with Gasteiger partial charge in [0.15, 0.2) is 5.78 Å². The van der Waals surface area contributed by atoms with Crippen LogP contribution in [0.25, 0.3) is 0 Å². The molecule has 0 aliphatic carbocycles. The van der Waals surface area contributed by atoms with Gasteiger partial charge in [-0.25, -0.2) is 4.39 Å². The number of hydrogen-bond acceptors (Lipinski definition) is 3. The summed E-state index contributed by atoms with van der Waals surface area (Å²) < 4.78 is 13.1. The van der Waals surface area contributed by atoms with Crippen LogP contribution in [0.2, 0.25) is 0 Å². The lowest BCUT2D eigenvalue weighted by molar-refractivity contribution is -0.126. The van der Waals surface area contributed by atoms with Crippen molar-refractivity contribution in [3.05, 3.63) is 35.6 Å². The van der Waals surface area contributed by atoms with Gasteiger partial charge in [0.1, 0.15) is 5.82 Å². The van der Waals surface area contributed by atoms with E-state index < -0.39 is 5.82 Å². The molecule has 1 aromatic carbocycles. The second-order valence-corrected chi connectivity index (χ2v) is 5.12. The van der Waals surface area contributed by atoms with Gasteiger partial charge in [-0.2, -0.15) is 0 Å². The lowest BCUT2D eigenvalue weighted by Crippen LogP contribution is -2.44. The van der Waals surface area contributed by atoms with E-state index in [1.54, 1.807) is 13.1 Å². The van der Waals surface area contributed by atoms with Crippen LogP contribution in [0.4, 0.5) is 4.39 Å². The minimum Gasteiger partial charge on any atom is -0.359 e. The van der Waals surface area contributed by atoms with Crippen molar-refractivity contribution >= 4 is 11.7 Å². The number of Topliss-reactive ketones (excluding diaryl/α,β-unsaturated/α-hetero) is 1. The molecule has 1 aromatic rings. The Morgan fingerprint density at radius 1 is 1.45 bits per heavy atom.